The molecule has 0 unspecified atom stereocenters. The third-order valence-corrected chi connectivity index (χ3v) is 5.49. The standard InChI is InChI=1S/C21H28N4O3/c1-24-15-22-10-17(24)11-25-12-18-20(13-25)27-9-5-4-7-16-6-2-3-8-19(16)28-14-21(26)23-18/h2-3,6,8,10,15,18,20H,4-5,7,9,11-14H2,1H3,(H,23,26)/t18-,20+/m0/s1. The normalized spacial score (nSPS) is 24.1. The van der Waals surface area contributed by atoms with E-state index in [2.05, 4.69) is 21.3 Å². The van der Waals surface area contributed by atoms with E-state index in [1.165, 1.54) is 0 Å². The van der Waals surface area contributed by atoms with Crippen LogP contribution in [0.4, 0.5) is 0 Å². The Balaban J connectivity index is 1.42. The summed E-state index contributed by atoms with van der Waals surface area (Å²) in [4.78, 5) is 19.0. The molecule has 2 aliphatic heterocycles. The summed E-state index contributed by atoms with van der Waals surface area (Å²) >= 11 is 0. The van der Waals surface area contributed by atoms with E-state index in [-0.39, 0.29) is 24.7 Å². The van der Waals surface area contributed by atoms with Crippen LogP contribution in [0.3, 0.4) is 0 Å². The van der Waals surface area contributed by atoms with Crippen LogP contribution in [-0.4, -0.2) is 58.8 Å². The van der Waals surface area contributed by atoms with E-state index in [1.807, 2.05) is 42.3 Å². The molecule has 0 radical (unpaired) electrons. The molecule has 3 heterocycles. The molecule has 1 aromatic heterocycles. The zero-order valence-electron chi connectivity index (χ0n) is 16.3. The number of likely N-dealkylation sites (tertiary alicyclic amines) is 1. The first kappa shape index (κ1) is 19.0. The molecule has 1 amide bonds. The van der Waals surface area contributed by atoms with Gasteiger partial charge in [-0.15, -0.1) is 0 Å². The van der Waals surface area contributed by atoms with E-state index in [0.29, 0.717) is 6.61 Å². The predicted octanol–water partition coefficient (Wildman–Crippen LogP) is 1.52. The number of carbonyl (C=O) groups excluding carboxylic acids is 1. The molecule has 28 heavy (non-hydrogen) atoms. The van der Waals surface area contributed by atoms with Gasteiger partial charge in [0.2, 0.25) is 0 Å². The van der Waals surface area contributed by atoms with E-state index < -0.39 is 0 Å². The van der Waals surface area contributed by atoms with Crippen LogP contribution >= 0.6 is 0 Å². The van der Waals surface area contributed by atoms with Crippen molar-refractivity contribution in [1.29, 1.82) is 0 Å². The summed E-state index contributed by atoms with van der Waals surface area (Å²) in [5.41, 5.74) is 2.30. The number of nitrogens with one attached hydrogen (secondary N) is 1. The lowest BCUT2D eigenvalue weighted by atomic mass is 10.1. The second-order valence-corrected chi connectivity index (χ2v) is 7.63. The van der Waals surface area contributed by atoms with E-state index in [0.717, 1.165) is 55.9 Å². The molecular formula is C21H28N4O3. The second-order valence-electron chi connectivity index (χ2n) is 7.63. The number of hydrogen-bond donors (Lipinski definition) is 1. The SMILES string of the molecule is Cn1cncc1CN1C[C@@H]2NC(=O)COc3ccccc3CCCCO[C@@H]2C1. The van der Waals surface area contributed by atoms with Gasteiger partial charge in [-0.3, -0.25) is 9.69 Å². The van der Waals surface area contributed by atoms with Gasteiger partial charge in [0.05, 0.1) is 24.2 Å². The van der Waals surface area contributed by atoms with Gasteiger partial charge in [-0.05, 0) is 30.9 Å². The zero-order chi connectivity index (χ0) is 19.3. The first-order chi connectivity index (χ1) is 13.7. The van der Waals surface area contributed by atoms with Gasteiger partial charge in [0.1, 0.15) is 5.75 Å². The Morgan fingerprint density at radius 1 is 1.25 bits per heavy atom. The highest BCUT2D eigenvalue weighted by molar-refractivity contribution is 5.78. The maximum Gasteiger partial charge on any atom is 0.258 e. The molecule has 0 aliphatic carbocycles. The number of rotatable bonds is 2. The summed E-state index contributed by atoms with van der Waals surface area (Å²) in [6, 6.07) is 7.94. The fourth-order valence-electron chi connectivity index (χ4n) is 3.95. The third-order valence-electron chi connectivity index (χ3n) is 5.49. The topological polar surface area (TPSA) is 68.6 Å². The summed E-state index contributed by atoms with van der Waals surface area (Å²) < 4.78 is 14.0. The third kappa shape index (κ3) is 4.54. The number of amides is 1. The van der Waals surface area contributed by atoms with E-state index in [1.54, 1.807) is 0 Å². The lowest BCUT2D eigenvalue weighted by molar-refractivity contribution is -0.124. The lowest BCUT2D eigenvalue weighted by Gasteiger charge is -2.20. The number of hydrogen-bond acceptors (Lipinski definition) is 5. The zero-order valence-corrected chi connectivity index (χ0v) is 16.3. The minimum Gasteiger partial charge on any atom is -0.483 e. The van der Waals surface area contributed by atoms with E-state index >= 15 is 0 Å². The Morgan fingerprint density at radius 2 is 2.14 bits per heavy atom. The minimum absolute atomic E-state index is 0.000283. The molecular weight excluding hydrogens is 356 g/mol. The van der Waals surface area contributed by atoms with Crippen molar-refractivity contribution in [3.8, 4) is 5.75 Å². The number of aromatic nitrogens is 2. The predicted molar refractivity (Wildman–Crippen MR) is 105 cm³/mol. The van der Waals surface area contributed by atoms with E-state index in [4.69, 9.17) is 9.47 Å². The average molecular weight is 384 g/mol. The lowest BCUT2D eigenvalue weighted by Crippen LogP contribution is -2.45. The van der Waals surface area contributed by atoms with Gasteiger partial charge < -0.3 is 19.4 Å². The Hall–Kier alpha value is -2.38. The molecule has 7 nitrogen and oxygen atoms in total. The van der Waals surface area contributed by atoms with Crippen LogP contribution in [0.1, 0.15) is 24.1 Å². The molecule has 1 N–H and O–H groups in total. The number of aryl methyl sites for hydroxylation is 2. The summed E-state index contributed by atoms with van der Waals surface area (Å²) in [5.74, 6) is 0.702. The van der Waals surface area contributed by atoms with Crippen LogP contribution in [0.5, 0.6) is 5.75 Å². The fraction of sp³-hybridized carbons (Fsp3) is 0.524. The quantitative estimate of drug-likeness (QED) is 0.850. The largest absolute Gasteiger partial charge is 0.483 e. The minimum atomic E-state index is -0.102. The van der Waals surface area contributed by atoms with Crippen LogP contribution in [0.15, 0.2) is 36.8 Å². The smallest absolute Gasteiger partial charge is 0.258 e. The number of ether oxygens (including phenoxy) is 2. The molecule has 2 atom stereocenters. The van der Waals surface area contributed by atoms with Crippen molar-refractivity contribution in [3.63, 3.8) is 0 Å². The number of imidazole rings is 1. The highest BCUT2D eigenvalue weighted by atomic mass is 16.5. The highest BCUT2D eigenvalue weighted by Gasteiger charge is 2.35. The van der Waals surface area contributed by atoms with E-state index in [9.17, 15) is 4.79 Å². The molecule has 0 bridgehead atoms. The van der Waals surface area contributed by atoms with Gasteiger partial charge in [0.25, 0.3) is 5.91 Å². The van der Waals surface area contributed by atoms with Crippen LogP contribution in [0, 0.1) is 0 Å². The number of fused-ring (bicyclic) bond motifs is 2. The van der Waals surface area contributed by atoms with Crippen molar-refractivity contribution in [1.82, 2.24) is 19.8 Å². The van der Waals surface area contributed by atoms with Gasteiger partial charge >= 0.3 is 0 Å². The van der Waals surface area contributed by atoms with Crippen LogP contribution in [0.25, 0.3) is 0 Å². The molecule has 7 heteroatoms. The average Bonchev–Trinajstić information content (AvgIpc) is 3.26. The molecule has 1 saturated heterocycles. The number of para-hydroxylation sites is 1. The van der Waals surface area contributed by atoms with Crippen LogP contribution in [-0.2, 0) is 29.5 Å². The van der Waals surface area contributed by atoms with Crippen LogP contribution in [0.2, 0.25) is 0 Å². The molecule has 150 valence electrons. The van der Waals surface area contributed by atoms with Gasteiger partial charge in [-0.2, -0.15) is 0 Å². The second kappa shape index (κ2) is 8.75. The maximum absolute atomic E-state index is 12.5. The van der Waals surface area contributed by atoms with Crippen molar-refractivity contribution in [2.75, 3.05) is 26.3 Å². The molecule has 4 rings (SSSR count). The highest BCUT2D eigenvalue weighted by Crippen LogP contribution is 2.22. The van der Waals surface area contributed by atoms with Crippen LogP contribution < -0.4 is 10.1 Å². The number of benzene rings is 1. The molecule has 1 aromatic carbocycles. The summed E-state index contributed by atoms with van der Waals surface area (Å²) in [7, 11) is 2.00. The van der Waals surface area contributed by atoms with Crippen molar-refractivity contribution in [3.05, 3.63) is 48.0 Å². The van der Waals surface area contributed by atoms with Gasteiger partial charge in [0, 0.05) is 39.5 Å². The van der Waals surface area contributed by atoms with Gasteiger partial charge in [-0.1, -0.05) is 18.2 Å². The molecule has 0 spiro atoms. The first-order valence-corrected chi connectivity index (χ1v) is 9.98. The molecule has 0 saturated carbocycles. The fourth-order valence-corrected chi connectivity index (χ4v) is 3.95. The summed E-state index contributed by atoms with van der Waals surface area (Å²) in [6.07, 6.45) is 6.67. The van der Waals surface area contributed by atoms with Crippen molar-refractivity contribution in [2.45, 2.75) is 38.0 Å². The molecule has 1 fully saturated rings. The Morgan fingerprint density at radius 3 is 3.00 bits per heavy atom. The maximum atomic E-state index is 12.5. The van der Waals surface area contributed by atoms with Gasteiger partial charge in [-0.25, -0.2) is 4.98 Å². The van der Waals surface area contributed by atoms with Crippen molar-refractivity contribution >= 4 is 5.91 Å². The monoisotopic (exact) mass is 384 g/mol. The number of carbonyl (C=O) groups is 1. The molecule has 2 aromatic rings. The van der Waals surface area contributed by atoms with Crippen molar-refractivity contribution in [2.24, 2.45) is 7.05 Å². The summed E-state index contributed by atoms with van der Waals surface area (Å²) in [6.45, 7) is 3.10. The van der Waals surface area contributed by atoms with Crippen molar-refractivity contribution < 1.29 is 14.3 Å². The summed E-state index contributed by atoms with van der Waals surface area (Å²) in [5, 5.41) is 3.12. The van der Waals surface area contributed by atoms with Gasteiger partial charge in [0.15, 0.2) is 6.61 Å². The molecule has 2 aliphatic rings. The Kier molecular flexibility index (Phi) is 5.92. The first-order valence-electron chi connectivity index (χ1n) is 9.98. The Bertz CT molecular complexity index is 806. The Labute approximate surface area is 165 Å². The number of nitrogens with zero attached hydrogens (tertiary/aromatic N) is 3.